The smallest absolute Gasteiger partial charge is 0.252 e. The lowest BCUT2D eigenvalue weighted by Gasteiger charge is -2.45. The summed E-state index contributed by atoms with van der Waals surface area (Å²) in [5, 5.41) is 4.26. The molecule has 0 unspecified atom stereocenters. The average Bonchev–Trinajstić information content (AvgIpc) is 1.08. The number of hydrogen-bond donors (Lipinski definition) is 0. The van der Waals surface area contributed by atoms with Gasteiger partial charge in [0.1, 0.15) is 22.3 Å². The molecule has 0 atom stereocenters. The van der Waals surface area contributed by atoms with Crippen molar-refractivity contribution >= 4 is 107 Å². The van der Waals surface area contributed by atoms with Gasteiger partial charge in [-0.3, -0.25) is 0 Å². The maximum atomic E-state index is 6.39. The minimum absolute atomic E-state index is 0.161. The first-order valence-electron chi connectivity index (χ1n) is 30.8. The van der Waals surface area contributed by atoms with Crippen LogP contribution in [-0.4, -0.2) is 6.71 Å². The van der Waals surface area contributed by atoms with Gasteiger partial charge in [-0.2, -0.15) is 0 Å². The lowest BCUT2D eigenvalue weighted by atomic mass is 9.33. The average molecular weight is 1130 g/mol. The lowest BCUT2D eigenvalue weighted by molar-refractivity contribution is 0.607. The predicted octanol–water partition coefficient (Wildman–Crippen LogP) is 20.4. The molecule has 2 aliphatic heterocycles. The first-order valence-corrected chi connectivity index (χ1v) is 30.8. The second-order valence-electron chi connectivity index (χ2n) is 26.0. The fourth-order valence-corrected chi connectivity index (χ4v) is 16.3. The molecule has 4 aromatic heterocycles. The summed E-state index contributed by atoms with van der Waals surface area (Å²) in [6, 6.07) is 72.1. The number of para-hydroxylation sites is 4. The van der Waals surface area contributed by atoms with Gasteiger partial charge in [-0.1, -0.05) is 155 Å². The second-order valence-corrected chi connectivity index (χ2v) is 26.0. The standard InChI is InChI=1S/C81H57BN2O4/c1-46-30-73-79-74(31-46)84(52-36-49(63-44-87-77-28-16-10-22-57(63)77)33-50(37-52)64-45-88-78-29-17-11-23-58(64)78)72-41-68-60(54-19-7-13-25-66(54)81(68,4)5)39-70(72)82(79)69-38-59-53-18-6-12-24-65(53)80(2,3)67(59)40-71(69)83(73)51-34-47(61-42-85-75-26-14-8-20-55(61)75)32-48(35-51)62-43-86-76-27-15-9-21-56(62)76/h6-12,14-24,26-45H,13,25H2,1-5H3. The van der Waals surface area contributed by atoms with E-state index in [0.29, 0.717) is 0 Å². The van der Waals surface area contributed by atoms with Crippen LogP contribution >= 0.6 is 0 Å². The monoisotopic (exact) mass is 1130 g/mol. The van der Waals surface area contributed by atoms with Gasteiger partial charge in [-0.25, -0.2) is 0 Å². The number of rotatable bonds is 6. The van der Waals surface area contributed by atoms with Gasteiger partial charge in [0.25, 0.3) is 6.71 Å². The maximum Gasteiger partial charge on any atom is 0.252 e. The first-order chi connectivity index (χ1) is 43.0. The highest BCUT2D eigenvalue weighted by Gasteiger charge is 2.48. The SMILES string of the molecule is Cc1cc2c3c(c1)N(c1cc(-c4coc5ccccc45)cc(-c4coc5ccccc45)c1)c1cc4c(cc1B3c1cc3c(cc1N2c1cc(-c2coc5ccccc25)cc(-c2coc5ccccc25)c1)C(C)(C)C1=C3C=CCC1)-c1ccccc1C4(C)C. The van der Waals surface area contributed by atoms with Crippen LogP contribution in [0.25, 0.3) is 105 Å². The molecule has 3 aliphatic carbocycles. The van der Waals surface area contributed by atoms with Crippen LogP contribution in [0.15, 0.2) is 255 Å². The van der Waals surface area contributed by atoms with Crippen LogP contribution in [0.1, 0.15) is 68.4 Å². The molecule has 0 saturated heterocycles. The van der Waals surface area contributed by atoms with E-state index in [9.17, 15) is 0 Å². The van der Waals surface area contributed by atoms with E-state index in [1.807, 2.05) is 49.3 Å². The number of nitrogens with zero attached hydrogens (tertiary/aromatic N) is 2. The zero-order valence-electron chi connectivity index (χ0n) is 49.5. The molecule has 418 valence electrons. The van der Waals surface area contributed by atoms with Crippen LogP contribution in [0.3, 0.4) is 0 Å². The zero-order chi connectivity index (χ0) is 58.5. The van der Waals surface area contributed by atoms with E-state index in [-0.39, 0.29) is 17.5 Å². The number of fused-ring (bicyclic) bond motifs is 13. The van der Waals surface area contributed by atoms with Gasteiger partial charge in [-0.15, -0.1) is 0 Å². The number of allylic oxidation sites excluding steroid dienone is 4. The molecule has 0 amide bonds. The minimum Gasteiger partial charge on any atom is -0.464 e. The number of anilines is 6. The summed E-state index contributed by atoms with van der Waals surface area (Å²) in [4.78, 5) is 5.22. The van der Waals surface area contributed by atoms with E-state index in [4.69, 9.17) is 17.7 Å². The molecule has 0 spiro atoms. The van der Waals surface area contributed by atoms with Crippen molar-refractivity contribution in [3.8, 4) is 55.6 Å². The highest BCUT2D eigenvalue weighted by Crippen LogP contribution is 2.56. The molecule has 0 bridgehead atoms. The molecular formula is C81H57BN2O4. The Kier molecular flexibility index (Phi) is 10.1. The van der Waals surface area contributed by atoms with Crippen molar-refractivity contribution in [1.29, 1.82) is 0 Å². The largest absolute Gasteiger partial charge is 0.464 e. The molecule has 6 heterocycles. The molecule has 0 N–H and O–H groups in total. The fourth-order valence-electron chi connectivity index (χ4n) is 16.3. The van der Waals surface area contributed by atoms with Gasteiger partial charge >= 0.3 is 0 Å². The Morgan fingerprint density at radius 1 is 0.386 bits per heavy atom. The number of aryl methyl sites for hydroxylation is 1. The third-order valence-electron chi connectivity index (χ3n) is 20.5. The summed E-state index contributed by atoms with van der Waals surface area (Å²) in [7, 11) is 0. The van der Waals surface area contributed by atoms with Crippen molar-refractivity contribution in [1.82, 2.24) is 0 Å². The summed E-state index contributed by atoms with van der Waals surface area (Å²) >= 11 is 0. The predicted molar refractivity (Wildman–Crippen MR) is 362 cm³/mol. The van der Waals surface area contributed by atoms with E-state index in [0.717, 1.165) is 130 Å². The summed E-state index contributed by atoms with van der Waals surface area (Å²) < 4.78 is 25.6. The molecule has 0 radical (unpaired) electrons. The Labute approximate surface area is 510 Å². The third-order valence-corrected chi connectivity index (χ3v) is 20.5. The molecule has 14 aromatic rings. The van der Waals surface area contributed by atoms with Crippen molar-refractivity contribution in [2.24, 2.45) is 0 Å². The highest BCUT2D eigenvalue weighted by atomic mass is 16.3. The maximum absolute atomic E-state index is 6.39. The Bertz CT molecular complexity index is 5280. The van der Waals surface area contributed by atoms with Crippen LogP contribution in [0.4, 0.5) is 34.1 Å². The van der Waals surface area contributed by atoms with Gasteiger partial charge in [-0.05, 0) is 188 Å². The van der Waals surface area contributed by atoms with Gasteiger partial charge in [0, 0.05) is 88.8 Å². The van der Waals surface area contributed by atoms with E-state index in [1.54, 1.807) is 0 Å². The molecule has 19 rings (SSSR count). The van der Waals surface area contributed by atoms with Crippen molar-refractivity contribution in [3.05, 3.63) is 265 Å². The molecule has 5 aliphatic rings. The molecule has 6 nitrogen and oxygen atoms in total. The Balaban J connectivity index is 0.939. The fraction of sp³-hybridized carbons (Fsp3) is 0.111. The summed E-state index contributed by atoms with van der Waals surface area (Å²) in [6.07, 6.45) is 14.6. The molecular weight excluding hydrogens is 1080 g/mol. The number of benzene rings is 10. The number of furan rings is 4. The van der Waals surface area contributed by atoms with E-state index in [1.165, 1.54) is 72.3 Å². The highest BCUT2D eigenvalue weighted by molar-refractivity contribution is 7.00. The van der Waals surface area contributed by atoms with Crippen LogP contribution < -0.4 is 26.2 Å². The molecule has 88 heavy (non-hydrogen) atoms. The lowest BCUT2D eigenvalue weighted by Crippen LogP contribution is -2.61. The summed E-state index contributed by atoms with van der Waals surface area (Å²) in [6.45, 7) is 11.8. The van der Waals surface area contributed by atoms with Crippen molar-refractivity contribution in [2.45, 2.75) is 58.3 Å². The zero-order valence-corrected chi connectivity index (χ0v) is 49.5. The van der Waals surface area contributed by atoms with Gasteiger partial charge in [0.2, 0.25) is 0 Å². The van der Waals surface area contributed by atoms with Crippen LogP contribution in [0, 0.1) is 6.92 Å². The topological polar surface area (TPSA) is 59.0 Å². The second kappa shape index (κ2) is 17.8. The Hall–Kier alpha value is -10.5. The minimum atomic E-state index is -0.268. The van der Waals surface area contributed by atoms with Crippen molar-refractivity contribution in [2.75, 3.05) is 9.80 Å². The number of hydrogen-bond acceptors (Lipinski definition) is 6. The first kappa shape index (κ1) is 49.7. The van der Waals surface area contributed by atoms with Gasteiger partial charge in [0.05, 0.1) is 25.1 Å². The van der Waals surface area contributed by atoms with Crippen molar-refractivity contribution in [3.63, 3.8) is 0 Å². The summed E-state index contributed by atoms with van der Waals surface area (Å²) in [5.41, 5.74) is 33.9. The third kappa shape index (κ3) is 6.84. The van der Waals surface area contributed by atoms with Crippen LogP contribution in [0.2, 0.25) is 0 Å². The van der Waals surface area contributed by atoms with Crippen molar-refractivity contribution < 1.29 is 17.7 Å². The van der Waals surface area contributed by atoms with E-state index >= 15 is 0 Å². The van der Waals surface area contributed by atoms with E-state index < -0.39 is 0 Å². The van der Waals surface area contributed by atoms with Crippen LogP contribution in [0.5, 0.6) is 0 Å². The van der Waals surface area contributed by atoms with E-state index in [2.05, 4.69) is 226 Å². The molecule has 0 saturated carbocycles. The summed E-state index contributed by atoms with van der Waals surface area (Å²) in [5.74, 6) is 0. The van der Waals surface area contributed by atoms with Crippen LogP contribution in [-0.2, 0) is 10.8 Å². The quantitative estimate of drug-likeness (QED) is 0.155. The van der Waals surface area contributed by atoms with Gasteiger partial charge in [0.15, 0.2) is 0 Å². The molecule has 0 fully saturated rings. The normalized spacial score (nSPS) is 15.5. The Morgan fingerprint density at radius 3 is 1.28 bits per heavy atom. The van der Waals surface area contributed by atoms with Gasteiger partial charge < -0.3 is 27.5 Å². The Morgan fingerprint density at radius 2 is 0.807 bits per heavy atom. The molecule has 10 aromatic carbocycles. The molecule has 7 heteroatoms.